The minimum absolute atomic E-state index is 0.000525. The number of benzene rings is 2. The number of amides is 1. The summed E-state index contributed by atoms with van der Waals surface area (Å²) < 4.78 is 27.1. The molecule has 0 bridgehead atoms. The van der Waals surface area contributed by atoms with Crippen molar-refractivity contribution < 1.29 is 13.2 Å². The molecule has 0 aliphatic carbocycles. The first-order valence-electron chi connectivity index (χ1n) is 8.96. The molecule has 6 nitrogen and oxygen atoms in total. The number of carbonyl (C=O) groups excluding carboxylic acids is 1. The Bertz CT molecular complexity index is 862. The normalized spacial score (nSPS) is 17.4. The van der Waals surface area contributed by atoms with Gasteiger partial charge in [-0.2, -0.15) is 4.31 Å². The van der Waals surface area contributed by atoms with Crippen LogP contribution < -0.4 is 0 Å². The zero-order chi connectivity index (χ0) is 19.4. The van der Waals surface area contributed by atoms with Gasteiger partial charge in [0.05, 0.1) is 4.90 Å². The molecule has 1 heterocycles. The molecule has 144 valence electrons. The van der Waals surface area contributed by atoms with Crippen LogP contribution in [-0.2, 0) is 14.8 Å². The van der Waals surface area contributed by atoms with Crippen molar-refractivity contribution in [1.29, 1.82) is 0 Å². The van der Waals surface area contributed by atoms with Crippen LogP contribution in [0.3, 0.4) is 0 Å². The maximum Gasteiger partial charge on any atom is 0.244 e. The molecule has 2 aromatic carbocycles. The highest BCUT2D eigenvalue weighted by atomic mass is 32.2. The number of rotatable bonds is 5. The molecular weight excluding hydrogens is 362 g/mol. The maximum atomic E-state index is 12.8. The summed E-state index contributed by atoms with van der Waals surface area (Å²) in [4.78, 5) is 16.8. The van der Waals surface area contributed by atoms with Crippen molar-refractivity contribution in [3.63, 3.8) is 0 Å². The third-order valence-corrected chi connectivity index (χ3v) is 6.72. The van der Waals surface area contributed by atoms with Crippen LogP contribution in [-0.4, -0.2) is 68.7 Å². The Morgan fingerprint density at radius 2 is 1.41 bits per heavy atom. The van der Waals surface area contributed by atoms with E-state index in [1.807, 2.05) is 30.3 Å². The standard InChI is InChI=1S/C20H25N3O3S/c1-21(2)20(24)19(17-9-5-3-6-10-17)22-13-15-23(16-14-22)27(25,26)18-11-7-4-8-12-18/h3-12,19H,13-16H2,1-2H3/t19-/m0/s1. The average Bonchev–Trinajstić information content (AvgIpc) is 2.70. The van der Waals surface area contributed by atoms with Gasteiger partial charge in [-0.25, -0.2) is 8.42 Å². The lowest BCUT2D eigenvalue weighted by Gasteiger charge is -2.39. The van der Waals surface area contributed by atoms with E-state index in [0.717, 1.165) is 5.56 Å². The van der Waals surface area contributed by atoms with Gasteiger partial charge in [0.2, 0.25) is 15.9 Å². The molecule has 0 spiro atoms. The molecule has 1 aliphatic heterocycles. The van der Waals surface area contributed by atoms with E-state index in [0.29, 0.717) is 31.1 Å². The summed E-state index contributed by atoms with van der Waals surface area (Å²) in [5.74, 6) is 0.000525. The minimum Gasteiger partial charge on any atom is -0.347 e. The Morgan fingerprint density at radius 1 is 0.889 bits per heavy atom. The van der Waals surface area contributed by atoms with Crippen molar-refractivity contribution >= 4 is 15.9 Å². The SMILES string of the molecule is CN(C)C(=O)[C@H](c1ccccc1)N1CCN(S(=O)(=O)c2ccccc2)CC1. The number of likely N-dealkylation sites (N-methyl/N-ethyl adjacent to an activating group) is 1. The van der Waals surface area contributed by atoms with Crippen molar-refractivity contribution in [1.82, 2.24) is 14.1 Å². The van der Waals surface area contributed by atoms with Crippen LogP contribution in [0.15, 0.2) is 65.6 Å². The second kappa shape index (κ2) is 8.21. The molecule has 3 rings (SSSR count). The second-order valence-corrected chi connectivity index (χ2v) is 8.74. The monoisotopic (exact) mass is 387 g/mol. The lowest BCUT2D eigenvalue weighted by Crippen LogP contribution is -2.52. The fourth-order valence-corrected chi connectivity index (χ4v) is 4.78. The first kappa shape index (κ1) is 19.5. The fraction of sp³-hybridized carbons (Fsp3) is 0.350. The maximum absolute atomic E-state index is 12.8. The summed E-state index contributed by atoms with van der Waals surface area (Å²) in [5.41, 5.74) is 0.926. The molecule has 1 atom stereocenters. The number of piperazine rings is 1. The molecule has 0 radical (unpaired) electrons. The van der Waals surface area contributed by atoms with E-state index in [4.69, 9.17) is 0 Å². The van der Waals surface area contributed by atoms with Gasteiger partial charge in [-0.05, 0) is 17.7 Å². The Balaban J connectivity index is 1.77. The predicted molar refractivity (Wildman–Crippen MR) is 105 cm³/mol. The molecule has 2 aromatic rings. The van der Waals surface area contributed by atoms with Gasteiger partial charge < -0.3 is 4.90 Å². The van der Waals surface area contributed by atoms with Gasteiger partial charge in [-0.1, -0.05) is 48.5 Å². The highest BCUT2D eigenvalue weighted by molar-refractivity contribution is 7.89. The lowest BCUT2D eigenvalue weighted by atomic mass is 10.0. The highest BCUT2D eigenvalue weighted by Gasteiger charge is 2.34. The molecule has 0 aromatic heterocycles. The number of carbonyl (C=O) groups is 1. The molecule has 27 heavy (non-hydrogen) atoms. The van der Waals surface area contributed by atoms with E-state index in [1.54, 1.807) is 49.3 Å². The Labute approximate surface area is 161 Å². The van der Waals surface area contributed by atoms with Gasteiger partial charge in [0, 0.05) is 40.3 Å². The molecule has 1 saturated heterocycles. The van der Waals surface area contributed by atoms with Gasteiger partial charge in [0.25, 0.3) is 0 Å². The summed E-state index contributed by atoms with van der Waals surface area (Å²) in [6.45, 7) is 1.74. The molecule has 0 saturated carbocycles. The Hall–Kier alpha value is -2.22. The first-order chi connectivity index (χ1) is 12.9. The number of hydrogen-bond donors (Lipinski definition) is 0. The highest BCUT2D eigenvalue weighted by Crippen LogP contribution is 2.26. The minimum atomic E-state index is -3.50. The van der Waals surface area contributed by atoms with Gasteiger partial charge in [-0.15, -0.1) is 0 Å². The average molecular weight is 388 g/mol. The van der Waals surface area contributed by atoms with Crippen LogP contribution in [0.25, 0.3) is 0 Å². The first-order valence-corrected chi connectivity index (χ1v) is 10.4. The zero-order valence-corrected chi connectivity index (χ0v) is 16.5. The number of sulfonamides is 1. The number of nitrogens with zero attached hydrogens (tertiary/aromatic N) is 3. The van der Waals surface area contributed by atoms with Gasteiger partial charge in [-0.3, -0.25) is 9.69 Å². The van der Waals surface area contributed by atoms with Gasteiger partial charge in [0.1, 0.15) is 6.04 Å². The Kier molecular flexibility index (Phi) is 5.94. The van der Waals surface area contributed by atoms with E-state index < -0.39 is 16.1 Å². The fourth-order valence-electron chi connectivity index (χ4n) is 3.33. The summed E-state index contributed by atoms with van der Waals surface area (Å²) >= 11 is 0. The molecule has 1 amide bonds. The predicted octanol–water partition coefficient (Wildman–Crippen LogP) is 1.82. The van der Waals surface area contributed by atoms with Crippen molar-refractivity contribution in [2.45, 2.75) is 10.9 Å². The van der Waals surface area contributed by atoms with Gasteiger partial charge in [0.15, 0.2) is 0 Å². The molecule has 0 unspecified atom stereocenters. The van der Waals surface area contributed by atoms with Crippen molar-refractivity contribution in [3.8, 4) is 0 Å². The van der Waals surface area contributed by atoms with Crippen LogP contribution in [0, 0.1) is 0 Å². The van der Waals surface area contributed by atoms with E-state index in [-0.39, 0.29) is 5.91 Å². The largest absolute Gasteiger partial charge is 0.347 e. The van der Waals surface area contributed by atoms with Crippen molar-refractivity contribution in [3.05, 3.63) is 66.2 Å². The lowest BCUT2D eigenvalue weighted by molar-refractivity contribution is -0.135. The van der Waals surface area contributed by atoms with Crippen LogP contribution >= 0.6 is 0 Å². The zero-order valence-electron chi connectivity index (χ0n) is 15.7. The second-order valence-electron chi connectivity index (χ2n) is 6.80. The van der Waals surface area contributed by atoms with Crippen LogP contribution in [0.1, 0.15) is 11.6 Å². The molecule has 7 heteroatoms. The summed E-state index contributed by atoms with van der Waals surface area (Å²) in [6, 6.07) is 17.7. The summed E-state index contributed by atoms with van der Waals surface area (Å²) in [5, 5.41) is 0. The van der Waals surface area contributed by atoms with Crippen LogP contribution in [0.2, 0.25) is 0 Å². The van der Waals surface area contributed by atoms with Crippen molar-refractivity contribution in [2.24, 2.45) is 0 Å². The Morgan fingerprint density at radius 3 is 1.93 bits per heavy atom. The third kappa shape index (κ3) is 4.21. The van der Waals surface area contributed by atoms with Gasteiger partial charge >= 0.3 is 0 Å². The van der Waals surface area contributed by atoms with Crippen LogP contribution in [0.5, 0.6) is 0 Å². The van der Waals surface area contributed by atoms with E-state index in [9.17, 15) is 13.2 Å². The molecule has 1 aliphatic rings. The van der Waals surface area contributed by atoms with E-state index in [2.05, 4.69) is 4.90 Å². The van der Waals surface area contributed by atoms with Crippen LogP contribution in [0.4, 0.5) is 0 Å². The van der Waals surface area contributed by atoms with E-state index >= 15 is 0 Å². The van der Waals surface area contributed by atoms with E-state index in [1.165, 1.54) is 4.31 Å². The molecule has 0 N–H and O–H groups in total. The number of hydrogen-bond acceptors (Lipinski definition) is 4. The summed E-state index contributed by atoms with van der Waals surface area (Å²) in [6.07, 6.45) is 0. The quantitative estimate of drug-likeness (QED) is 0.785. The topological polar surface area (TPSA) is 60.9 Å². The smallest absolute Gasteiger partial charge is 0.244 e. The third-order valence-electron chi connectivity index (χ3n) is 4.81. The summed E-state index contributed by atoms with van der Waals surface area (Å²) in [7, 11) is -0.0122. The molecule has 1 fully saturated rings. The van der Waals surface area contributed by atoms with Crippen molar-refractivity contribution in [2.75, 3.05) is 40.3 Å². The molecular formula is C20H25N3O3S.